The van der Waals surface area contributed by atoms with Gasteiger partial charge in [-0.1, -0.05) is 24.3 Å². The summed E-state index contributed by atoms with van der Waals surface area (Å²) < 4.78 is 14.1. The first-order valence-electron chi connectivity index (χ1n) is 8.19. The number of carboxylic acids is 1. The molecule has 1 N–H and O–H groups in total. The van der Waals surface area contributed by atoms with E-state index in [2.05, 4.69) is 0 Å². The Labute approximate surface area is 146 Å². The summed E-state index contributed by atoms with van der Waals surface area (Å²) in [6.07, 6.45) is 0. The van der Waals surface area contributed by atoms with Gasteiger partial charge < -0.3 is 10.0 Å². The van der Waals surface area contributed by atoms with Crippen molar-refractivity contribution in [2.75, 3.05) is 0 Å². The third-order valence-electron chi connectivity index (χ3n) is 4.02. The van der Waals surface area contributed by atoms with E-state index in [1.807, 2.05) is 27.7 Å². The van der Waals surface area contributed by atoms with Gasteiger partial charge in [0.25, 0.3) is 5.91 Å². The number of halogens is 1. The second kappa shape index (κ2) is 7.47. The lowest BCUT2D eigenvalue weighted by Crippen LogP contribution is -2.42. The SMILES string of the molecule is CC(C)N(C(=O)c1ccccc1-c1ccc(C(=O)O)c(F)c1)C(C)C. The predicted octanol–water partition coefficient (Wildman–Crippen LogP) is 4.45. The summed E-state index contributed by atoms with van der Waals surface area (Å²) in [5, 5.41) is 8.96. The molecule has 0 unspecified atom stereocenters. The van der Waals surface area contributed by atoms with Crippen molar-refractivity contribution in [3.05, 3.63) is 59.4 Å². The van der Waals surface area contributed by atoms with Crippen LogP contribution in [-0.4, -0.2) is 34.0 Å². The Morgan fingerprint density at radius 1 is 0.960 bits per heavy atom. The molecule has 0 saturated heterocycles. The molecule has 2 rings (SSSR count). The molecule has 0 spiro atoms. The molecule has 2 aromatic carbocycles. The average Bonchev–Trinajstić information content (AvgIpc) is 2.53. The Bertz CT molecular complexity index is 791. The molecule has 4 nitrogen and oxygen atoms in total. The second-order valence-electron chi connectivity index (χ2n) is 6.45. The van der Waals surface area contributed by atoms with Gasteiger partial charge in [0.2, 0.25) is 0 Å². The molecule has 0 aliphatic carbocycles. The van der Waals surface area contributed by atoms with Crippen molar-refractivity contribution in [2.45, 2.75) is 39.8 Å². The minimum atomic E-state index is -1.32. The Balaban J connectivity index is 2.54. The van der Waals surface area contributed by atoms with Crippen LogP contribution in [0.3, 0.4) is 0 Å². The number of hydrogen-bond acceptors (Lipinski definition) is 2. The standard InChI is InChI=1S/C20H22FNO3/c1-12(2)22(13(3)4)19(23)16-8-6-5-7-15(16)14-9-10-17(20(24)25)18(21)11-14/h5-13H,1-4H3,(H,24,25). The lowest BCUT2D eigenvalue weighted by atomic mass is 9.97. The first-order valence-corrected chi connectivity index (χ1v) is 8.19. The second-order valence-corrected chi connectivity index (χ2v) is 6.45. The zero-order valence-electron chi connectivity index (χ0n) is 14.8. The summed E-state index contributed by atoms with van der Waals surface area (Å²) in [5.74, 6) is -2.28. The first-order chi connectivity index (χ1) is 11.7. The first kappa shape index (κ1) is 18.6. The monoisotopic (exact) mass is 343 g/mol. The highest BCUT2D eigenvalue weighted by Crippen LogP contribution is 2.27. The molecule has 0 radical (unpaired) electrons. The number of aromatic carboxylic acids is 1. The Kier molecular flexibility index (Phi) is 5.57. The number of rotatable bonds is 5. The molecule has 0 saturated carbocycles. The quantitative estimate of drug-likeness (QED) is 0.872. The fourth-order valence-corrected chi connectivity index (χ4v) is 2.98. The van der Waals surface area contributed by atoms with Crippen LogP contribution in [0.2, 0.25) is 0 Å². The molecule has 0 aromatic heterocycles. The van der Waals surface area contributed by atoms with Crippen molar-refractivity contribution in [1.82, 2.24) is 4.90 Å². The van der Waals surface area contributed by atoms with Gasteiger partial charge in [0, 0.05) is 17.6 Å². The number of amides is 1. The van der Waals surface area contributed by atoms with E-state index in [1.165, 1.54) is 12.1 Å². The number of carbonyl (C=O) groups excluding carboxylic acids is 1. The van der Waals surface area contributed by atoms with Crippen LogP contribution in [0.4, 0.5) is 4.39 Å². The van der Waals surface area contributed by atoms with Crippen LogP contribution < -0.4 is 0 Å². The highest BCUT2D eigenvalue weighted by molar-refractivity contribution is 6.01. The van der Waals surface area contributed by atoms with Crippen LogP contribution in [0, 0.1) is 5.82 Å². The van der Waals surface area contributed by atoms with Gasteiger partial charge in [-0.15, -0.1) is 0 Å². The number of carboxylic acid groups (broad SMARTS) is 1. The third-order valence-corrected chi connectivity index (χ3v) is 4.02. The molecule has 2 aromatic rings. The van der Waals surface area contributed by atoms with Gasteiger partial charge >= 0.3 is 5.97 Å². The maximum absolute atomic E-state index is 14.1. The Hall–Kier alpha value is -2.69. The van der Waals surface area contributed by atoms with Crippen molar-refractivity contribution < 1.29 is 19.1 Å². The summed E-state index contributed by atoms with van der Waals surface area (Å²) in [5.41, 5.74) is 1.12. The summed E-state index contributed by atoms with van der Waals surface area (Å²) >= 11 is 0. The minimum Gasteiger partial charge on any atom is -0.478 e. The summed E-state index contributed by atoms with van der Waals surface area (Å²) in [7, 11) is 0. The largest absolute Gasteiger partial charge is 0.478 e. The van der Waals surface area contributed by atoms with Crippen molar-refractivity contribution >= 4 is 11.9 Å². The molecular weight excluding hydrogens is 321 g/mol. The highest BCUT2D eigenvalue weighted by Gasteiger charge is 2.24. The molecule has 0 bridgehead atoms. The van der Waals surface area contributed by atoms with Crippen LogP contribution in [-0.2, 0) is 0 Å². The molecule has 0 aliphatic rings. The van der Waals surface area contributed by atoms with E-state index in [0.29, 0.717) is 16.7 Å². The molecule has 0 aliphatic heterocycles. The maximum atomic E-state index is 14.1. The van der Waals surface area contributed by atoms with Crippen molar-refractivity contribution in [3.8, 4) is 11.1 Å². The van der Waals surface area contributed by atoms with Crippen LogP contribution in [0.15, 0.2) is 42.5 Å². The molecule has 5 heteroatoms. The fraction of sp³-hybridized carbons (Fsp3) is 0.300. The summed E-state index contributed by atoms with van der Waals surface area (Å²) in [4.78, 5) is 25.8. The Morgan fingerprint density at radius 3 is 2.08 bits per heavy atom. The molecule has 1 amide bonds. The summed E-state index contributed by atoms with van der Waals surface area (Å²) in [6.45, 7) is 7.79. The molecule has 132 valence electrons. The average molecular weight is 343 g/mol. The number of nitrogens with zero attached hydrogens (tertiary/aromatic N) is 1. The van der Waals surface area contributed by atoms with Gasteiger partial charge in [0.1, 0.15) is 5.82 Å². The van der Waals surface area contributed by atoms with Crippen LogP contribution in [0.5, 0.6) is 0 Å². The van der Waals surface area contributed by atoms with E-state index in [9.17, 15) is 14.0 Å². The predicted molar refractivity (Wildman–Crippen MR) is 95.2 cm³/mol. The lowest BCUT2D eigenvalue weighted by molar-refractivity contribution is 0.0642. The van der Waals surface area contributed by atoms with Gasteiger partial charge in [-0.05, 0) is 57.0 Å². The maximum Gasteiger partial charge on any atom is 0.338 e. The zero-order valence-corrected chi connectivity index (χ0v) is 14.8. The van der Waals surface area contributed by atoms with E-state index in [1.54, 1.807) is 29.2 Å². The van der Waals surface area contributed by atoms with Crippen molar-refractivity contribution in [3.63, 3.8) is 0 Å². The minimum absolute atomic E-state index is 0.0201. The van der Waals surface area contributed by atoms with Gasteiger partial charge in [0.15, 0.2) is 0 Å². The van der Waals surface area contributed by atoms with Gasteiger partial charge in [-0.25, -0.2) is 9.18 Å². The molecular formula is C20H22FNO3. The van der Waals surface area contributed by atoms with Crippen molar-refractivity contribution in [1.29, 1.82) is 0 Å². The molecule has 0 heterocycles. The zero-order chi connectivity index (χ0) is 18.7. The van der Waals surface area contributed by atoms with Crippen LogP contribution in [0.25, 0.3) is 11.1 Å². The molecule has 0 atom stereocenters. The normalized spacial score (nSPS) is 11.0. The van der Waals surface area contributed by atoms with E-state index < -0.39 is 17.3 Å². The smallest absolute Gasteiger partial charge is 0.338 e. The highest BCUT2D eigenvalue weighted by atomic mass is 19.1. The topological polar surface area (TPSA) is 57.6 Å². The summed E-state index contributed by atoms with van der Waals surface area (Å²) in [6, 6.07) is 10.9. The fourth-order valence-electron chi connectivity index (χ4n) is 2.98. The number of hydrogen-bond donors (Lipinski definition) is 1. The Morgan fingerprint density at radius 2 is 1.56 bits per heavy atom. The van der Waals surface area contributed by atoms with Gasteiger partial charge in [0.05, 0.1) is 5.56 Å². The molecule has 25 heavy (non-hydrogen) atoms. The van der Waals surface area contributed by atoms with E-state index >= 15 is 0 Å². The number of carbonyl (C=O) groups is 2. The lowest BCUT2D eigenvalue weighted by Gasteiger charge is -2.31. The van der Waals surface area contributed by atoms with Crippen LogP contribution >= 0.6 is 0 Å². The number of benzene rings is 2. The van der Waals surface area contributed by atoms with E-state index in [4.69, 9.17) is 5.11 Å². The third kappa shape index (κ3) is 3.87. The van der Waals surface area contributed by atoms with Crippen LogP contribution in [0.1, 0.15) is 48.4 Å². The van der Waals surface area contributed by atoms with Gasteiger partial charge in [-0.3, -0.25) is 4.79 Å². The van der Waals surface area contributed by atoms with Gasteiger partial charge in [-0.2, -0.15) is 0 Å². The molecule has 0 fully saturated rings. The van der Waals surface area contributed by atoms with Crippen molar-refractivity contribution in [2.24, 2.45) is 0 Å². The van der Waals surface area contributed by atoms with E-state index in [-0.39, 0.29) is 18.0 Å². The van der Waals surface area contributed by atoms with E-state index in [0.717, 1.165) is 6.07 Å².